The molecule has 1 saturated heterocycles. The predicted octanol–water partition coefficient (Wildman–Crippen LogP) is 3.52. The second-order valence-corrected chi connectivity index (χ2v) is 9.82. The fraction of sp³-hybridized carbons (Fsp3) is 0.429. The SMILES string of the molecule is CCCC(NC(=O)[C@@H]1C[C@H]2C[C@H]2N1C(=O)Cc1cnn(Cc2ccc(OC)cc2)c1)c1ccncc1. The number of hydrogen-bond acceptors (Lipinski definition) is 5. The van der Waals surface area contributed by atoms with Crippen molar-refractivity contribution in [1.82, 2.24) is 25.0 Å². The molecule has 0 bridgehead atoms. The smallest absolute Gasteiger partial charge is 0.243 e. The number of likely N-dealkylation sites (tertiary alicyclic amines) is 1. The average molecular weight is 488 g/mol. The van der Waals surface area contributed by atoms with E-state index in [0.717, 1.165) is 48.1 Å². The summed E-state index contributed by atoms with van der Waals surface area (Å²) in [6.07, 6.45) is 10.9. The molecule has 3 heterocycles. The second kappa shape index (κ2) is 10.5. The maximum Gasteiger partial charge on any atom is 0.243 e. The number of methoxy groups -OCH3 is 1. The van der Waals surface area contributed by atoms with Crippen LogP contribution in [0.3, 0.4) is 0 Å². The molecule has 2 aliphatic rings. The van der Waals surface area contributed by atoms with Crippen molar-refractivity contribution in [2.75, 3.05) is 7.11 Å². The molecule has 8 heteroatoms. The molecule has 0 radical (unpaired) electrons. The van der Waals surface area contributed by atoms with E-state index >= 15 is 0 Å². The van der Waals surface area contributed by atoms with Crippen LogP contribution in [0.5, 0.6) is 5.75 Å². The highest BCUT2D eigenvalue weighted by Gasteiger charge is 2.56. The Morgan fingerprint density at radius 1 is 1.11 bits per heavy atom. The zero-order valence-electron chi connectivity index (χ0n) is 20.8. The number of piperidine rings is 1. The maximum absolute atomic E-state index is 13.4. The number of ether oxygens (including phenoxy) is 1. The van der Waals surface area contributed by atoms with Crippen molar-refractivity contribution in [3.8, 4) is 5.75 Å². The lowest BCUT2D eigenvalue weighted by atomic mass is 10.0. The van der Waals surface area contributed by atoms with Gasteiger partial charge in [-0.25, -0.2) is 0 Å². The van der Waals surface area contributed by atoms with Crippen LogP contribution in [0.15, 0.2) is 61.2 Å². The molecule has 8 nitrogen and oxygen atoms in total. The molecule has 1 aliphatic heterocycles. The molecule has 1 aromatic carbocycles. The quantitative estimate of drug-likeness (QED) is 0.473. The topological polar surface area (TPSA) is 89.4 Å². The van der Waals surface area contributed by atoms with Crippen molar-refractivity contribution in [1.29, 1.82) is 0 Å². The summed E-state index contributed by atoms with van der Waals surface area (Å²) in [7, 11) is 1.65. The lowest BCUT2D eigenvalue weighted by Crippen LogP contribution is -2.49. The Hall–Kier alpha value is -3.68. The van der Waals surface area contributed by atoms with E-state index in [9.17, 15) is 9.59 Å². The first-order valence-electron chi connectivity index (χ1n) is 12.7. The van der Waals surface area contributed by atoms with Gasteiger partial charge in [0.1, 0.15) is 11.8 Å². The largest absolute Gasteiger partial charge is 0.497 e. The van der Waals surface area contributed by atoms with Gasteiger partial charge in [-0.2, -0.15) is 5.10 Å². The zero-order chi connectivity index (χ0) is 25.1. The van der Waals surface area contributed by atoms with E-state index in [2.05, 4.69) is 22.3 Å². The number of fused-ring (bicyclic) bond motifs is 1. The summed E-state index contributed by atoms with van der Waals surface area (Å²) in [4.78, 5) is 32.7. The summed E-state index contributed by atoms with van der Waals surface area (Å²) in [5, 5.41) is 7.66. The van der Waals surface area contributed by atoms with Gasteiger partial charge in [-0.1, -0.05) is 25.5 Å². The number of hydrogen-bond donors (Lipinski definition) is 1. The van der Waals surface area contributed by atoms with Crippen LogP contribution in [0, 0.1) is 5.92 Å². The van der Waals surface area contributed by atoms with Gasteiger partial charge in [0.2, 0.25) is 11.8 Å². The van der Waals surface area contributed by atoms with Crippen LogP contribution in [0.25, 0.3) is 0 Å². The Morgan fingerprint density at radius 3 is 2.61 bits per heavy atom. The van der Waals surface area contributed by atoms with E-state index in [1.807, 2.05) is 52.2 Å². The van der Waals surface area contributed by atoms with Crippen LogP contribution in [0.4, 0.5) is 0 Å². The number of pyridine rings is 1. The minimum Gasteiger partial charge on any atom is -0.497 e. The third kappa shape index (κ3) is 5.27. The Bertz CT molecular complexity index is 1190. The van der Waals surface area contributed by atoms with Crippen molar-refractivity contribution in [3.05, 3.63) is 77.9 Å². The predicted molar refractivity (Wildman–Crippen MR) is 135 cm³/mol. The van der Waals surface area contributed by atoms with Crippen LogP contribution >= 0.6 is 0 Å². The lowest BCUT2D eigenvalue weighted by molar-refractivity contribution is -0.139. The number of rotatable bonds is 10. The average Bonchev–Trinajstić information content (AvgIpc) is 3.34. The van der Waals surface area contributed by atoms with Crippen LogP contribution in [-0.2, 0) is 22.6 Å². The molecule has 3 aromatic rings. The molecule has 2 amide bonds. The third-order valence-corrected chi connectivity index (χ3v) is 7.24. The Balaban J connectivity index is 1.22. The van der Waals surface area contributed by atoms with Crippen molar-refractivity contribution in [2.24, 2.45) is 5.92 Å². The van der Waals surface area contributed by atoms with E-state index in [0.29, 0.717) is 12.5 Å². The van der Waals surface area contributed by atoms with E-state index in [4.69, 9.17) is 4.74 Å². The highest BCUT2D eigenvalue weighted by atomic mass is 16.5. The first-order chi connectivity index (χ1) is 17.6. The monoisotopic (exact) mass is 487 g/mol. The van der Waals surface area contributed by atoms with E-state index in [1.54, 1.807) is 25.7 Å². The van der Waals surface area contributed by atoms with Gasteiger partial charge in [0.25, 0.3) is 0 Å². The normalized spacial score (nSPS) is 21.1. The molecule has 36 heavy (non-hydrogen) atoms. The molecular weight excluding hydrogens is 454 g/mol. The second-order valence-electron chi connectivity index (χ2n) is 9.82. The number of aromatic nitrogens is 3. The van der Waals surface area contributed by atoms with E-state index in [-0.39, 0.29) is 30.3 Å². The molecule has 1 saturated carbocycles. The molecule has 2 fully saturated rings. The number of nitrogens with one attached hydrogen (secondary N) is 1. The minimum atomic E-state index is -0.406. The Morgan fingerprint density at radius 2 is 1.89 bits per heavy atom. The number of nitrogens with zero attached hydrogens (tertiary/aromatic N) is 4. The Labute approximate surface area is 211 Å². The Kier molecular flexibility index (Phi) is 7.02. The molecule has 5 rings (SSSR count). The maximum atomic E-state index is 13.4. The van der Waals surface area contributed by atoms with Gasteiger partial charge in [0.05, 0.1) is 32.3 Å². The van der Waals surface area contributed by atoms with Crippen LogP contribution < -0.4 is 10.1 Å². The number of carbonyl (C=O) groups excluding carboxylic acids is 2. The summed E-state index contributed by atoms with van der Waals surface area (Å²) < 4.78 is 7.05. The van der Waals surface area contributed by atoms with E-state index in [1.165, 1.54) is 0 Å². The molecular formula is C28H33N5O3. The molecule has 0 spiro atoms. The summed E-state index contributed by atoms with van der Waals surface area (Å²) in [6, 6.07) is 11.5. The zero-order valence-corrected chi connectivity index (χ0v) is 20.8. The first kappa shape index (κ1) is 24.0. The summed E-state index contributed by atoms with van der Waals surface area (Å²) in [6.45, 7) is 2.72. The van der Waals surface area contributed by atoms with E-state index < -0.39 is 6.04 Å². The van der Waals surface area contributed by atoms with Gasteiger partial charge in [0.15, 0.2) is 0 Å². The highest BCUT2D eigenvalue weighted by Crippen LogP contribution is 2.48. The molecule has 1 unspecified atom stereocenters. The van der Waals surface area contributed by atoms with Crippen LogP contribution in [-0.4, -0.2) is 50.7 Å². The van der Waals surface area contributed by atoms with Crippen molar-refractivity contribution in [3.63, 3.8) is 0 Å². The van der Waals surface area contributed by atoms with Crippen molar-refractivity contribution < 1.29 is 14.3 Å². The van der Waals surface area contributed by atoms with Gasteiger partial charge in [-0.3, -0.25) is 19.3 Å². The molecule has 1 N–H and O–H groups in total. The summed E-state index contributed by atoms with van der Waals surface area (Å²) >= 11 is 0. The minimum absolute atomic E-state index is 0.0000927. The molecule has 188 valence electrons. The van der Waals surface area contributed by atoms with Gasteiger partial charge < -0.3 is 15.0 Å². The van der Waals surface area contributed by atoms with Gasteiger partial charge >= 0.3 is 0 Å². The third-order valence-electron chi connectivity index (χ3n) is 7.24. The van der Waals surface area contributed by atoms with Crippen molar-refractivity contribution in [2.45, 2.75) is 63.7 Å². The number of amides is 2. The fourth-order valence-corrected chi connectivity index (χ4v) is 5.29. The summed E-state index contributed by atoms with van der Waals surface area (Å²) in [5.74, 6) is 1.20. The van der Waals surface area contributed by atoms with Gasteiger partial charge in [0, 0.05) is 24.6 Å². The van der Waals surface area contributed by atoms with Crippen molar-refractivity contribution >= 4 is 11.8 Å². The van der Waals surface area contributed by atoms with Gasteiger partial charge in [-0.05, 0) is 66.1 Å². The van der Waals surface area contributed by atoms with Gasteiger partial charge in [-0.15, -0.1) is 0 Å². The highest BCUT2D eigenvalue weighted by molar-refractivity contribution is 5.90. The fourth-order valence-electron chi connectivity index (χ4n) is 5.29. The summed E-state index contributed by atoms with van der Waals surface area (Å²) in [5.41, 5.74) is 3.01. The standard InChI is InChI=1S/C28H33N5O3/c1-3-4-24(21-9-11-29-12-10-21)31-28(35)26-15-22-14-25(22)33(26)27(34)13-20-16-30-32(18-20)17-19-5-7-23(36-2)8-6-19/h5-12,16,18,22,24-26H,3-4,13-15,17H2,1-2H3,(H,31,35)/t22-,24?,25-,26+/m1/s1. The first-order valence-corrected chi connectivity index (χ1v) is 12.7. The molecule has 1 aliphatic carbocycles. The molecule has 4 atom stereocenters. The van der Waals surface area contributed by atoms with Crippen LogP contribution in [0.2, 0.25) is 0 Å². The number of carbonyl (C=O) groups is 2. The van der Waals surface area contributed by atoms with Crippen LogP contribution in [0.1, 0.15) is 55.3 Å². The lowest BCUT2D eigenvalue weighted by Gasteiger charge is -2.29. The molecule has 2 aromatic heterocycles. The number of benzene rings is 1.